The van der Waals surface area contributed by atoms with E-state index in [-0.39, 0.29) is 16.6 Å². The van der Waals surface area contributed by atoms with Crippen LogP contribution in [-0.2, 0) is 10.1 Å². The standard InChI is InChI=1S/C9H12N4O4S/c1-17-7-3-2-6(5-12-13-9(10)11)4-8(7)18(14,15)16/h2-5H,1H3,(H4,10,11,13)(H,14,15,16). The quantitative estimate of drug-likeness (QED) is 0.293. The van der Waals surface area contributed by atoms with Gasteiger partial charge < -0.3 is 16.2 Å². The van der Waals surface area contributed by atoms with Gasteiger partial charge in [-0.2, -0.15) is 13.5 Å². The van der Waals surface area contributed by atoms with E-state index >= 15 is 0 Å². The van der Waals surface area contributed by atoms with E-state index in [0.29, 0.717) is 5.56 Å². The van der Waals surface area contributed by atoms with Gasteiger partial charge in [0.05, 0.1) is 13.3 Å². The summed E-state index contributed by atoms with van der Waals surface area (Å²) in [7, 11) is -3.09. The summed E-state index contributed by atoms with van der Waals surface area (Å²) >= 11 is 0. The molecule has 9 heteroatoms. The number of nitrogens with zero attached hydrogens (tertiary/aromatic N) is 2. The Hall–Kier alpha value is -2.13. The predicted molar refractivity (Wildman–Crippen MR) is 66.2 cm³/mol. The Morgan fingerprint density at radius 2 is 2.11 bits per heavy atom. The number of ether oxygens (including phenoxy) is 1. The summed E-state index contributed by atoms with van der Waals surface area (Å²) in [4.78, 5) is -0.362. The highest BCUT2D eigenvalue weighted by Gasteiger charge is 2.16. The third-order valence-electron chi connectivity index (χ3n) is 1.85. The smallest absolute Gasteiger partial charge is 0.298 e. The van der Waals surface area contributed by atoms with Crippen molar-refractivity contribution in [2.45, 2.75) is 4.90 Å². The zero-order valence-corrected chi connectivity index (χ0v) is 10.3. The fourth-order valence-electron chi connectivity index (χ4n) is 1.14. The number of hydrogen-bond donors (Lipinski definition) is 3. The summed E-state index contributed by atoms with van der Waals surface area (Å²) in [6, 6.07) is 4.08. The normalized spacial score (nSPS) is 11.4. The Balaban J connectivity index is 3.20. The molecular weight excluding hydrogens is 260 g/mol. The molecule has 0 saturated heterocycles. The van der Waals surface area contributed by atoms with E-state index in [1.807, 2.05) is 0 Å². The molecule has 0 amide bonds. The first-order valence-corrected chi connectivity index (χ1v) is 6.06. The van der Waals surface area contributed by atoms with Crippen LogP contribution in [0, 0.1) is 0 Å². The molecule has 0 bridgehead atoms. The van der Waals surface area contributed by atoms with Crippen LogP contribution in [0.2, 0.25) is 0 Å². The van der Waals surface area contributed by atoms with Crippen LogP contribution in [-0.4, -0.2) is 32.3 Å². The van der Waals surface area contributed by atoms with Crippen LogP contribution in [0.3, 0.4) is 0 Å². The van der Waals surface area contributed by atoms with Crippen LogP contribution < -0.4 is 16.2 Å². The first-order valence-electron chi connectivity index (χ1n) is 4.62. The van der Waals surface area contributed by atoms with Crippen LogP contribution in [0.15, 0.2) is 33.3 Å². The molecule has 0 atom stereocenters. The van der Waals surface area contributed by atoms with Crippen LogP contribution in [0.5, 0.6) is 5.75 Å². The van der Waals surface area contributed by atoms with Gasteiger partial charge in [0.1, 0.15) is 10.6 Å². The van der Waals surface area contributed by atoms with Crippen LogP contribution in [0.1, 0.15) is 5.56 Å². The number of nitrogens with two attached hydrogens (primary N) is 2. The molecule has 0 radical (unpaired) electrons. The SMILES string of the molecule is COc1ccc(C=NN=C(N)N)cc1S(=O)(=O)O. The van der Waals surface area contributed by atoms with Gasteiger partial charge in [-0.25, -0.2) is 0 Å². The Morgan fingerprint density at radius 3 is 2.61 bits per heavy atom. The Bertz CT molecular complexity index is 591. The molecule has 0 fully saturated rings. The van der Waals surface area contributed by atoms with E-state index in [0.717, 1.165) is 0 Å². The van der Waals surface area contributed by atoms with Crippen molar-refractivity contribution in [1.82, 2.24) is 0 Å². The summed E-state index contributed by atoms with van der Waals surface area (Å²) in [6.07, 6.45) is 1.23. The Kier molecular flexibility index (Phi) is 4.23. The van der Waals surface area contributed by atoms with Crippen molar-refractivity contribution < 1.29 is 17.7 Å². The second kappa shape index (κ2) is 5.47. The lowest BCUT2D eigenvalue weighted by Crippen LogP contribution is -2.21. The van der Waals surface area contributed by atoms with E-state index in [9.17, 15) is 8.42 Å². The monoisotopic (exact) mass is 272 g/mol. The minimum Gasteiger partial charge on any atom is -0.495 e. The fraction of sp³-hybridized carbons (Fsp3) is 0.111. The van der Waals surface area contributed by atoms with Crippen LogP contribution in [0.25, 0.3) is 0 Å². The first kappa shape index (κ1) is 13.9. The topological polar surface area (TPSA) is 140 Å². The summed E-state index contributed by atoms with van der Waals surface area (Å²) in [6.45, 7) is 0. The maximum absolute atomic E-state index is 11.1. The summed E-state index contributed by atoms with van der Waals surface area (Å²) in [5, 5.41) is 6.87. The molecule has 0 saturated carbocycles. The summed E-state index contributed by atoms with van der Waals surface area (Å²) in [5.41, 5.74) is 10.5. The molecule has 5 N–H and O–H groups in total. The highest BCUT2D eigenvalue weighted by molar-refractivity contribution is 7.86. The molecule has 1 aromatic rings. The van der Waals surface area contributed by atoms with Crippen molar-refractivity contribution >= 4 is 22.3 Å². The maximum Gasteiger partial charge on any atom is 0.298 e. The fourth-order valence-corrected chi connectivity index (χ4v) is 1.83. The number of benzene rings is 1. The van der Waals surface area contributed by atoms with Crippen molar-refractivity contribution in [2.75, 3.05) is 7.11 Å². The van der Waals surface area contributed by atoms with E-state index in [1.165, 1.54) is 31.5 Å². The minimum atomic E-state index is -4.38. The van der Waals surface area contributed by atoms with Gasteiger partial charge in [0.25, 0.3) is 10.1 Å². The number of methoxy groups -OCH3 is 1. The highest BCUT2D eigenvalue weighted by Crippen LogP contribution is 2.23. The molecule has 98 valence electrons. The molecule has 0 aromatic heterocycles. The molecule has 18 heavy (non-hydrogen) atoms. The minimum absolute atomic E-state index is 0.0245. The van der Waals surface area contributed by atoms with Gasteiger partial charge in [-0.3, -0.25) is 4.55 Å². The largest absolute Gasteiger partial charge is 0.495 e. The number of hydrogen-bond acceptors (Lipinski definition) is 5. The number of guanidine groups is 1. The van der Waals surface area contributed by atoms with Crippen LogP contribution in [0.4, 0.5) is 0 Å². The zero-order chi connectivity index (χ0) is 13.8. The van der Waals surface area contributed by atoms with Gasteiger partial charge in [-0.15, -0.1) is 5.10 Å². The lowest BCUT2D eigenvalue weighted by atomic mass is 10.2. The molecule has 0 heterocycles. The molecule has 0 spiro atoms. The molecule has 0 aliphatic heterocycles. The van der Waals surface area contributed by atoms with Gasteiger partial charge >= 0.3 is 0 Å². The molecule has 1 aromatic carbocycles. The molecule has 8 nitrogen and oxygen atoms in total. The predicted octanol–water partition coefficient (Wildman–Crippen LogP) is -0.451. The molecule has 0 aliphatic rings. The second-order valence-corrected chi connectivity index (χ2v) is 4.54. The van der Waals surface area contributed by atoms with Gasteiger partial charge in [0.15, 0.2) is 0 Å². The van der Waals surface area contributed by atoms with Gasteiger partial charge in [-0.05, 0) is 23.8 Å². The van der Waals surface area contributed by atoms with Crippen LogP contribution >= 0.6 is 0 Å². The van der Waals surface area contributed by atoms with Crippen molar-refractivity contribution in [1.29, 1.82) is 0 Å². The lowest BCUT2D eigenvalue weighted by Gasteiger charge is -2.05. The van der Waals surface area contributed by atoms with E-state index in [2.05, 4.69) is 10.2 Å². The van der Waals surface area contributed by atoms with Crippen molar-refractivity contribution in [3.05, 3.63) is 23.8 Å². The molecule has 1 rings (SSSR count). The second-order valence-electron chi connectivity index (χ2n) is 3.15. The van der Waals surface area contributed by atoms with E-state index in [4.69, 9.17) is 20.8 Å². The van der Waals surface area contributed by atoms with Gasteiger partial charge in [0.2, 0.25) is 5.96 Å². The average molecular weight is 272 g/mol. The maximum atomic E-state index is 11.1. The summed E-state index contributed by atoms with van der Waals surface area (Å²) in [5.74, 6) is -0.203. The first-order chi connectivity index (χ1) is 8.34. The third kappa shape index (κ3) is 3.71. The van der Waals surface area contributed by atoms with Crippen molar-refractivity contribution in [3.63, 3.8) is 0 Å². The Labute approximate surface area is 104 Å². The van der Waals surface area contributed by atoms with Crippen molar-refractivity contribution in [3.8, 4) is 5.75 Å². The summed E-state index contributed by atoms with van der Waals surface area (Å²) < 4.78 is 36.1. The highest BCUT2D eigenvalue weighted by atomic mass is 32.2. The van der Waals surface area contributed by atoms with Gasteiger partial charge in [0, 0.05) is 0 Å². The third-order valence-corrected chi connectivity index (χ3v) is 2.72. The van der Waals surface area contributed by atoms with E-state index < -0.39 is 10.1 Å². The van der Waals surface area contributed by atoms with Gasteiger partial charge in [-0.1, -0.05) is 0 Å². The lowest BCUT2D eigenvalue weighted by molar-refractivity contribution is 0.397. The molecule has 0 unspecified atom stereocenters. The average Bonchev–Trinajstić information content (AvgIpc) is 2.27. The zero-order valence-electron chi connectivity index (χ0n) is 9.44. The Morgan fingerprint density at radius 1 is 1.44 bits per heavy atom. The van der Waals surface area contributed by atoms with E-state index in [1.54, 1.807) is 0 Å². The number of rotatable bonds is 4. The molecule has 0 aliphatic carbocycles. The van der Waals surface area contributed by atoms with Crippen molar-refractivity contribution in [2.24, 2.45) is 21.7 Å². The molecular formula is C9H12N4O4S.